The van der Waals surface area contributed by atoms with E-state index in [0.717, 1.165) is 32.5 Å². The molecule has 2 aliphatic heterocycles. The molecule has 0 aliphatic carbocycles. The average molecular weight is 606 g/mol. The highest BCUT2D eigenvalue weighted by Crippen LogP contribution is 2.46. The van der Waals surface area contributed by atoms with Gasteiger partial charge in [0.15, 0.2) is 0 Å². The van der Waals surface area contributed by atoms with Gasteiger partial charge in [0.1, 0.15) is 0 Å². The molecule has 0 radical (unpaired) electrons. The highest BCUT2D eigenvalue weighted by molar-refractivity contribution is 6.70. The second-order valence-electron chi connectivity index (χ2n) is 14.9. The molecule has 2 saturated heterocycles. The molecule has 0 atom stereocenters. The molecule has 2 fully saturated rings. The molecule has 0 amide bonds. The normalized spacial score (nSPS) is 20.0. The Kier molecular flexibility index (Phi) is 6.41. The fourth-order valence-corrected chi connectivity index (χ4v) is 7.29. The lowest BCUT2D eigenvalue weighted by Gasteiger charge is -2.32. The van der Waals surface area contributed by atoms with Crippen LogP contribution in [0.2, 0.25) is 0 Å². The van der Waals surface area contributed by atoms with Crippen molar-refractivity contribution in [1.29, 1.82) is 0 Å². The Morgan fingerprint density at radius 1 is 0.326 bits per heavy atom. The van der Waals surface area contributed by atoms with Crippen LogP contribution in [0.1, 0.15) is 55.4 Å². The summed E-state index contributed by atoms with van der Waals surface area (Å²) in [4.78, 5) is 0. The number of rotatable bonds is 3. The minimum atomic E-state index is -0.493. The summed E-state index contributed by atoms with van der Waals surface area (Å²) in [6.45, 7) is 16.9. The quantitative estimate of drug-likeness (QED) is 0.150. The molecule has 0 N–H and O–H groups in total. The third kappa shape index (κ3) is 4.17. The summed E-state index contributed by atoms with van der Waals surface area (Å²) in [5.74, 6) is 0. The summed E-state index contributed by atoms with van der Waals surface area (Å²) in [5.41, 5.74) is 2.77. The van der Waals surface area contributed by atoms with E-state index in [1.165, 1.54) is 32.7 Å². The van der Waals surface area contributed by atoms with Crippen LogP contribution in [-0.2, 0) is 18.6 Å². The van der Waals surface area contributed by atoms with Crippen LogP contribution in [0.25, 0.3) is 54.2 Å². The first kappa shape index (κ1) is 29.7. The topological polar surface area (TPSA) is 36.9 Å². The van der Waals surface area contributed by atoms with Crippen molar-refractivity contribution in [2.45, 2.75) is 77.8 Å². The molecule has 0 unspecified atom stereocenters. The maximum absolute atomic E-state index is 6.71. The molecule has 4 nitrogen and oxygen atoms in total. The number of fused-ring (bicyclic) bond motifs is 4. The van der Waals surface area contributed by atoms with E-state index < -0.39 is 36.6 Å². The third-order valence-corrected chi connectivity index (χ3v) is 11.2. The van der Waals surface area contributed by atoms with Gasteiger partial charge in [-0.25, -0.2) is 0 Å². The summed E-state index contributed by atoms with van der Waals surface area (Å²) < 4.78 is 26.8. The zero-order valence-corrected chi connectivity index (χ0v) is 28.0. The molecule has 46 heavy (non-hydrogen) atoms. The van der Waals surface area contributed by atoms with Gasteiger partial charge in [0.2, 0.25) is 0 Å². The smallest absolute Gasteiger partial charge is 0.399 e. The predicted molar refractivity (Wildman–Crippen MR) is 193 cm³/mol. The van der Waals surface area contributed by atoms with Crippen LogP contribution >= 0.6 is 0 Å². The van der Waals surface area contributed by atoms with Gasteiger partial charge in [-0.3, -0.25) is 0 Å². The number of hydrogen-bond donors (Lipinski definition) is 0. The zero-order chi connectivity index (χ0) is 32.2. The Balaban J connectivity index is 1.49. The van der Waals surface area contributed by atoms with Crippen molar-refractivity contribution in [3.63, 3.8) is 0 Å². The predicted octanol–water partition coefficient (Wildman–Crippen LogP) is 8.56. The first-order valence-corrected chi connectivity index (χ1v) is 16.4. The molecule has 0 aromatic heterocycles. The van der Waals surface area contributed by atoms with Gasteiger partial charge in [-0.2, -0.15) is 0 Å². The van der Waals surface area contributed by atoms with Crippen LogP contribution in [0.4, 0.5) is 0 Å². The summed E-state index contributed by atoms with van der Waals surface area (Å²) in [7, 11) is -0.985. The second-order valence-corrected chi connectivity index (χ2v) is 14.9. The molecule has 2 aliphatic rings. The van der Waals surface area contributed by atoms with Crippen LogP contribution in [0.5, 0.6) is 0 Å². The second kappa shape index (κ2) is 9.92. The molecule has 8 rings (SSSR count). The summed E-state index contributed by atoms with van der Waals surface area (Å²) in [6.07, 6.45) is 0. The molecule has 6 aromatic carbocycles. The van der Waals surface area contributed by atoms with Crippen LogP contribution in [-0.4, -0.2) is 36.6 Å². The molecule has 230 valence electrons. The average Bonchev–Trinajstić information content (AvgIpc) is 3.37. The van der Waals surface area contributed by atoms with Crippen molar-refractivity contribution in [2.24, 2.45) is 0 Å². The van der Waals surface area contributed by atoms with E-state index in [2.05, 4.69) is 152 Å². The fraction of sp³-hybridized carbons (Fsp3) is 0.300. The van der Waals surface area contributed by atoms with E-state index in [1.54, 1.807) is 0 Å². The molecule has 6 heteroatoms. The fourth-order valence-electron chi connectivity index (χ4n) is 7.29. The lowest BCUT2D eigenvalue weighted by molar-refractivity contribution is 0.00578. The van der Waals surface area contributed by atoms with Crippen molar-refractivity contribution >= 4 is 68.3 Å². The molecule has 0 spiro atoms. The van der Waals surface area contributed by atoms with Gasteiger partial charge in [-0.15, -0.1) is 0 Å². The third-order valence-electron chi connectivity index (χ3n) is 11.2. The summed E-state index contributed by atoms with van der Waals surface area (Å²) in [6, 6.07) is 34.9. The van der Waals surface area contributed by atoms with E-state index in [-0.39, 0.29) is 0 Å². The van der Waals surface area contributed by atoms with Crippen LogP contribution in [0.15, 0.2) is 97.1 Å². The Hall–Kier alpha value is -3.67. The molecular formula is C40H40B2O4. The van der Waals surface area contributed by atoms with Crippen molar-refractivity contribution in [3.05, 3.63) is 97.1 Å². The van der Waals surface area contributed by atoms with Crippen molar-refractivity contribution in [1.82, 2.24) is 0 Å². The minimum Gasteiger partial charge on any atom is -0.399 e. The Morgan fingerprint density at radius 3 is 0.739 bits per heavy atom. The Morgan fingerprint density at radius 2 is 0.522 bits per heavy atom. The molecule has 6 aromatic rings. The van der Waals surface area contributed by atoms with E-state index in [0.29, 0.717) is 0 Å². The Labute approximate surface area is 272 Å². The lowest BCUT2D eigenvalue weighted by Crippen LogP contribution is -2.41. The van der Waals surface area contributed by atoms with E-state index in [9.17, 15) is 0 Å². The summed E-state index contributed by atoms with van der Waals surface area (Å²) >= 11 is 0. The maximum atomic E-state index is 6.71. The van der Waals surface area contributed by atoms with Gasteiger partial charge < -0.3 is 18.6 Å². The highest BCUT2D eigenvalue weighted by Gasteiger charge is 2.54. The number of benzene rings is 6. The van der Waals surface area contributed by atoms with Gasteiger partial charge in [0.25, 0.3) is 0 Å². The van der Waals surface area contributed by atoms with Crippen molar-refractivity contribution < 1.29 is 18.6 Å². The van der Waals surface area contributed by atoms with Crippen LogP contribution in [0, 0.1) is 0 Å². The van der Waals surface area contributed by atoms with Crippen LogP contribution in [0.3, 0.4) is 0 Å². The van der Waals surface area contributed by atoms with Crippen molar-refractivity contribution in [2.75, 3.05) is 0 Å². The van der Waals surface area contributed by atoms with E-state index in [1.807, 2.05) is 0 Å². The Bertz CT molecular complexity index is 1900. The lowest BCUT2D eigenvalue weighted by atomic mass is 9.69. The monoisotopic (exact) mass is 606 g/mol. The first-order chi connectivity index (χ1) is 21.8. The van der Waals surface area contributed by atoms with E-state index in [4.69, 9.17) is 18.6 Å². The van der Waals surface area contributed by atoms with Gasteiger partial charge in [0.05, 0.1) is 22.4 Å². The van der Waals surface area contributed by atoms with Gasteiger partial charge in [-0.05, 0) is 121 Å². The summed E-state index contributed by atoms with van der Waals surface area (Å²) in [5, 5.41) is 9.23. The zero-order valence-electron chi connectivity index (χ0n) is 28.0. The maximum Gasteiger partial charge on any atom is 0.496 e. The van der Waals surface area contributed by atoms with Gasteiger partial charge in [0, 0.05) is 0 Å². The van der Waals surface area contributed by atoms with Crippen LogP contribution < -0.4 is 10.9 Å². The highest BCUT2D eigenvalue weighted by atomic mass is 16.7. The molecule has 0 bridgehead atoms. The molecule has 2 heterocycles. The van der Waals surface area contributed by atoms with E-state index >= 15 is 0 Å². The minimum absolute atomic E-state index is 0.450. The standard InChI is InChI=1S/C40H40B2O4/c1-37(2)38(3,4)44-41(43-37)35-29-21-13-9-17-25(29)33(26-18-10-14-22-30(26)35)34-27-19-11-15-23-31(27)36(32-24-16-12-20-28(32)34)42-45-39(5,6)40(7,8)46-42/h9-24H,1-8H3. The molecule has 0 saturated carbocycles. The van der Waals surface area contributed by atoms with Gasteiger partial charge >= 0.3 is 14.2 Å². The van der Waals surface area contributed by atoms with Crippen molar-refractivity contribution in [3.8, 4) is 11.1 Å². The van der Waals surface area contributed by atoms with Gasteiger partial charge in [-0.1, -0.05) is 97.1 Å². The SMILES string of the molecule is CC1(C)OB(c2c3ccccc3c(-c3c4ccccc4c(B4OC(C)(C)C(C)(C)O4)c4ccccc34)c3ccccc23)OC1(C)C. The molecular weight excluding hydrogens is 566 g/mol. The number of hydrogen-bond acceptors (Lipinski definition) is 4. The first-order valence-electron chi connectivity index (χ1n) is 16.4. The largest absolute Gasteiger partial charge is 0.496 e.